The van der Waals surface area contributed by atoms with E-state index in [4.69, 9.17) is 9.47 Å². The molecule has 40 heavy (non-hydrogen) atoms. The SMILES string of the molecule is CC(C)Oc1ccc(CN(CC(=O)O)C(=O)CCc2ccc3c(c2)CC(C)(Cc2ccc(C(C)C)cc2)O3)cc1. The summed E-state index contributed by atoms with van der Waals surface area (Å²) in [6.45, 7) is 10.4. The number of carbonyl (C=O) groups is 2. The molecule has 1 heterocycles. The molecule has 0 aromatic heterocycles. The summed E-state index contributed by atoms with van der Waals surface area (Å²) in [6, 6.07) is 22.4. The minimum absolute atomic E-state index is 0.0671. The van der Waals surface area contributed by atoms with Crippen molar-refractivity contribution in [1.82, 2.24) is 4.90 Å². The van der Waals surface area contributed by atoms with Crippen LogP contribution >= 0.6 is 0 Å². The van der Waals surface area contributed by atoms with Crippen molar-refractivity contribution in [2.75, 3.05) is 6.54 Å². The Labute approximate surface area is 237 Å². The highest BCUT2D eigenvalue weighted by Gasteiger charge is 2.35. The van der Waals surface area contributed by atoms with Gasteiger partial charge in [0.1, 0.15) is 23.6 Å². The highest BCUT2D eigenvalue weighted by Crippen LogP contribution is 2.38. The van der Waals surface area contributed by atoms with E-state index in [1.165, 1.54) is 16.0 Å². The number of hydrogen-bond acceptors (Lipinski definition) is 4. The summed E-state index contributed by atoms with van der Waals surface area (Å²) < 4.78 is 12.1. The Hall–Kier alpha value is -3.80. The van der Waals surface area contributed by atoms with Gasteiger partial charge in [-0.1, -0.05) is 62.4 Å². The summed E-state index contributed by atoms with van der Waals surface area (Å²) in [4.78, 5) is 26.0. The number of amides is 1. The fourth-order valence-corrected chi connectivity index (χ4v) is 5.25. The molecule has 0 bridgehead atoms. The van der Waals surface area contributed by atoms with Crippen LogP contribution in [0, 0.1) is 0 Å². The van der Waals surface area contributed by atoms with E-state index in [0.29, 0.717) is 12.3 Å². The van der Waals surface area contributed by atoms with Crippen LogP contribution in [-0.2, 0) is 35.4 Å². The van der Waals surface area contributed by atoms with Crippen molar-refractivity contribution < 1.29 is 24.2 Å². The number of carbonyl (C=O) groups excluding carboxylic acids is 1. The smallest absolute Gasteiger partial charge is 0.323 e. The highest BCUT2D eigenvalue weighted by molar-refractivity contribution is 5.81. The third-order valence-electron chi connectivity index (χ3n) is 7.25. The molecule has 1 amide bonds. The van der Waals surface area contributed by atoms with Crippen molar-refractivity contribution in [3.8, 4) is 11.5 Å². The summed E-state index contributed by atoms with van der Waals surface area (Å²) in [5, 5.41) is 9.41. The van der Waals surface area contributed by atoms with E-state index >= 15 is 0 Å². The molecule has 3 aromatic carbocycles. The molecule has 1 N–H and O–H groups in total. The van der Waals surface area contributed by atoms with E-state index < -0.39 is 5.97 Å². The van der Waals surface area contributed by atoms with Crippen LogP contribution < -0.4 is 9.47 Å². The number of nitrogens with zero attached hydrogens (tertiary/aromatic N) is 1. The van der Waals surface area contributed by atoms with Crippen LogP contribution in [0.3, 0.4) is 0 Å². The zero-order valence-electron chi connectivity index (χ0n) is 24.3. The quantitative estimate of drug-likeness (QED) is 0.279. The summed E-state index contributed by atoms with van der Waals surface area (Å²) in [5.74, 6) is 0.941. The number of carboxylic acid groups (broad SMARTS) is 1. The first kappa shape index (κ1) is 29.2. The van der Waals surface area contributed by atoms with E-state index in [1.807, 2.05) is 50.2 Å². The molecule has 0 saturated carbocycles. The molecule has 0 aliphatic carbocycles. The zero-order chi connectivity index (χ0) is 28.9. The number of hydrogen-bond donors (Lipinski definition) is 1. The van der Waals surface area contributed by atoms with Gasteiger partial charge in [-0.05, 0) is 79.1 Å². The van der Waals surface area contributed by atoms with Gasteiger partial charge in [0.2, 0.25) is 5.91 Å². The molecule has 6 heteroatoms. The summed E-state index contributed by atoms with van der Waals surface area (Å²) in [5.41, 5.74) is 5.33. The van der Waals surface area contributed by atoms with Gasteiger partial charge in [-0.3, -0.25) is 9.59 Å². The molecule has 0 saturated heterocycles. The molecule has 1 aliphatic rings. The van der Waals surface area contributed by atoms with E-state index in [2.05, 4.69) is 51.1 Å². The minimum Gasteiger partial charge on any atom is -0.491 e. The number of benzene rings is 3. The molecule has 1 atom stereocenters. The fraction of sp³-hybridized carbons (Fsp3) is 0.412. The van der Waals surface area contributed by atoms with Crippen molar-refractivity contribution in [1.29, 1.82) is 0 Å². The Morgan fingerprint density at radius 1 is 0.950 bits per heavy atom. The molecule has 6 nitrogen and oxygen atoms in total. The standard InChI is InChI=1S/C34H41NO5/c1-23(2)28-12-6-26(7-13-28)19-34(5)20-29-18-25(10-16-31(29)40-34)11-17-32(36)35(22-33(37)38)21-27-8-14-30(15-9-27)39-24(3)4/h6-10,12-16,18,23-24H,11,17,19-22H2,1-5H3,(H,37,38). The van der Waals surface area contributed by atoms with Crippen LogP contribution in [0.25, 0.3) is 0 Å². The Morgan fingerprint density at radius 2 is 1.60 bits per heavy atom. The lowest BCUT2D eigenvalue weighted by Gasteiger charge is -2.24. The van der Waals surface area contributed by atoms with E-state index in [9.17, 15) is 14.7 Å². The lowest BCUT2D eigenvalue weighted by molar-refractivity contribution is -0.144. The summed E-state index contributed by atoms with van der Waals surface area (Å²) in [6.07, 6.45) is 2.47. The first-order valence-corrected chi connectivity index (χ1v) is 14.1. The van der Waals surface area contributed by atoms with E-state index in [-0.39, 0.29) is 37.1 Å². The second-order valence-corrected chi connectivity index (χ2v) is 11.7. The maximum absolute atomic E-state index is 13.1. The Bertz CT molecular complexity index is 1310. The van der Waals surface area contributed by atoms with Gasteiger partial charge in [-0.15, -0.1) is 0 Å². The van der Waals surface area contributed by atoms with Crippen molar-refractivity contribution in [3.05, 3.63) is 94.5 Å². The van der Waals surface area contributed by atoms with Gasteiger partial charge in [0, 0.05) is 25.8 Å². The summed E-state index contributed by atoms with van der Waals surface area (Å²) >= 11 is 0. The predicted molar refractivity (Wildman–Crippen MR) is 157 cm³/mol. The average molecular weight is 544 g/mol. The lowest BCUT2D eigenvalue weighted by Crippen LogP contribution is -2.35. The molecule has 0 fully saturated rings. The van der Waals surface area contributed by atoms with Crippen molar-refractivity contribution in [2.24, 2.45) is 0 Å². The van der Waals surface area contributed by atoms with Crippen molar-refractivity contribution in [3.63, 3.8) is 0 Å². The molecule has 1 aliphatic heterocycles. The number of rotatable bonds is 12. The fourth-order valence-electron chi connectivity index (χ4n) is 5.25. The van der Waals surface area contributed by atoms with E-state index in [0.717, 1.165) is 41.0 Å². The Kier molecular flexibility index (Phi) is 9.18. The van der Waals surface area contributed by atoms with Crippen molar-refractivity contribution >= 4 is 11.9 Å². The maximum Gasteiger partial charge on any atom is 0.323 e. The van der Waals surface area contributed by atoms with Gasteiger partial charge in [0.25, 0.3) is 0 Å². The topological polar surface area (TPSA) is 76.1 Å². The van der Waals surface area contributed by atoms with Crippen LogP contribution in [0.4, 0.5) is 0 Å². The van der Waals surface area contributed by atoms with Crippen LogP contribution in [0.1, 0.15) is 74.8 Å². The van der Waals surface area contributed by atoms with Gasteiger partial charge in [0.15, 0.2) is 0 Å². The molecule has 3 aromatic rings. The highest BCUT2D eigenvalue weighted by atomic mass is 16.5. The van der Waals surface area contributed by atoms with Crippen LogP contribution in [0.15, 0.2) is 66.7 Å². The monoisotopic (exact) mass is 543 g/mol. The second kappa shape index (κ2) is 12.6. The molecule has 212 valence electrons. The minimum atomic E-state index is -1.03. The summed E-state index contributed by atoms with van der Waals surface area (Å²) in [7, 11) is 0. The second-order valence-electron chi connectivity index (χ2n) is 11.7. The predicted octanol–water partition coefficient (Wildman–Crippen LogP) is 6.58. The zero-order valence-corrected chi connectivity index (χ0v) is 24.3. The third-order valence-corrected chi connectivity index (χ3v) is 7.25. The Balaban J connectivity index is 1.36. The molecule has 0 radical (unpaired) electrons. The normalized spacial score (nSPS) is 16.1. The number of aliphatic carboxylic acids is 1. The van der Waals surface area contributed by atoms with Crippen LogP contribution in [-0.4, -0.2) is 40.1 Å². The molecule has 4 rings (SSSR count). The molecular weight excluding hydrogens is 502 g/mol. The van der Waals surface area contributed by atoms with Crippen LogP contribution in [0.2, 0.25) is 0 Å². The first-order chi connectivity index (χ1) is 19.0. The van der Waals surface area contributed by atoms with Gasteiger partial charge in [0.05, 0.1) is 6.10 Å². The van der Waals surface area contributed by atoms with Gasteiger partial charge >= 0.3 is 5.97 Å². The number of fused-ring (bicyclic) bond motifs is 1. The van der Waals surface area contributed by atoms with Gasteiger partial charge in [-0.25, -0.2) is 0 Å². The molecule has 1 unspecified atom stereocenters. The largest absolute Gasteiger partial charge is 0.491 e. The van der Waals surface area contributed by atoms with Crippen LogP contribution in [0.5, 0.6) is 11.5 Å². The van der Waals surface area contributed by atoms with E-state index in [1.54, 1.807) is 0 Å². The third kappa shape index (κ3) is 7.87. The molecule has 0 spiro atoms. The Morgan fingerprint density at radius 3 is 2.23 bits per heavy atom. The number of aryl methyl sites for hydroxylation is 1. The average Bonchev–Trinajstić information content (AvgIpc) is 3.22. The molecular formula is C34H41NO5. The number of carboxylic acids is 1. The van der Waals surface area contributed by atoms with Crippen molar-refractivity contribution in [2.45, 2.75) is 84.5 Å². The lowest BCUT2D eigenvalue weighted by atomic mass is 9.90. The number of ether oxygens (including phenoxy) is 2. The maximum atomic E-state index is 13.1. The van der Waals surface area contributed by atoms with Gasteiger partial charge < -0.3 is 19.5 Å². The first-order valence-electron chi connectivity index (χ1n) is 14.1. The van der Waals surface area contributed by atoms with Gasteiger partial charge in [-0.2, -0.15) is 0 Å².